The number of carbonyl (C=O) groups is 3. The van der Waals surface area contributed by atoms with E-state index in [0.29, 0.717) is 23.5 Å². The molecule has 4 aromatic carbocycles. The molecule has 0 radical (unpaired) electrons. The average molecular weight is 873 g/mol. The Morgan fingerprint density at radius 3 is 1.84 bits per heavy atom. The second-order valence-electron chi connectivity index (χ2n) is 16.0. The molecule has 0 aromatic heterocycles. The third kappa shape index (κ3) is 13.0. The second kappa shape index (κ2) is 23.1. The molecule has 1 heterocycles. The number of carboxylic acid groups (broad SMARTS) is 1. The van der Waals surface area contributed by atoms with E-state index in [1.165, 1.54) is 26.5 Å². The normalized spacial score (nSPS) is 15.3. The van der Waals surface area contributed by atoms with Crippen molar-refractivity contribution in [3.8, 4) is 0 Å². The van der Waals surface area contributed by atoms with Crippen molar-refractivity contribution < 1.29 is 43.9 Å². The third-order valence-corrected chi connectivity index (χ3v) is 14.0. The molecule has 0 aliphatic carbocycles. The molecule has 1 aliphatic rings. The fraction of sp³-hybridized carbons (Fsp3) is 0.438. The lowest BCUT2D eigenvalue weighted by Gasteiger charge is -2.42. The fourth-order valence-electron chi connectivity index (χ4n) is 7.63. The Morgan fingerprint density at radius 1 is 0.770 bits per heavy atom. The van der Waals surface area contributed by atoms with Crippen LogP contribution in [-0.2, 0) is 30.0 Å². The van der Waals surface area contributed by atoms with Gasteiger partial charge in [-0.15, -0.1) is 0 Å². The quantitative estimate of drug-likeness (QED) is 0.0417. The van der Waals surface area contributed by atoms with Crippen LogP contribution in [0.4, 0.5) is 9.59 Å². The van der Waals surface area contributed by atoms with E-state index in [1.807, 2.05) is 103 Å². The third-order valence-electron chi connectivity index (χ3n) is 11.7. The lowest BCUT2D eigenvalue weighted by atomic mass is 9.72. The molecule has 4 aromatic rings. The van der Waals surface area contributed by atoms with Crippen LogP contribution in [0.2, 0.25) is 0 Å². The minimum Gasteiger partial charge on any atom is -0.481 e. The van der Waals surface area contributed by atoms with Gasteiger partial charge in [0.1, 0.15) is 24.9 Å². The van der Waals surface area contributed by atoms with Crippen molar-refractivity contribution in [2.45, 2.75) is 75.7 Å². The van der Waals surface area contributed by atoms with Crippen molar-refractivity contribution >= 4 is 39.8 Å². The number of ether oxygens (including phenoxy) is 3. The highest BCUT2D eigenvalue weighted by Gasteiger charge is 2.41. The van der Waals surface area contributed by atoms with Crippen LogP contribution in [0.5, 0.6) is 0 Å². The van der Waals surface area contributed by atoms with Gasteiger partial charge in [0.25, 0.3) is 0 Å². The van der Waals surface area contributed by atoms with E-state index in [0.717, 1.165) is 61.2 Å². The lowest BCUT2D eigenvalue weighted by Crippen LogP contribution is -2.44. The number of aliphatic hydroxyl groups excluding tert-OH is 1. The monoisotopic (exact) mass is 872 g/mol. The number of carboxylic acids is 1. The van der Waals surface area contributed by atoms with Gasteiger partial charge in [-0.05, 0) is 99.8 Å². The summed E-state index contributed by atoms with van der Waals surface area (Å²) in [6.45, 7) is 7.82. The van der Waals surface area contributed by atoms with Crippen molar-refractivity contribution in [2.24, 2.45) is 5.92 Å². The van der Waals surface area contributed by atoms with Crippen molar-refractivity contribution in [3.05, 3.63) is 143 Å². The van der Waals surface area contributed by atoms with Gasteiger partial charge in [-0.25, -0.2) is 9.59 Å². The summed E-state index contributed by atoms with van der Waals surface area (Å²) < 4.78 is 16.7. The summed E-state index contributed by atoms with van der Waals surface area (Å²) >= 11 is 0. The highest BCUT2D eigenvalue weighted by molar-refractivity contribution is 8.76. The molecule has 1 saturated heterocycles. The van der Waals surface area contributed by atoms with Crippen LogP contribution in [-0.4, -0.2) is 101 Å². The Morgan fingerprint density at radius 2 is 1.30 bits per heavy atom. The Bertz CT molecular complexity index is 1910. The molecular formula is C48H60N2O9S2. The summed E-state index contributed by atoms with van der Waals surface area (Å²) in [7, 11) is 4.57. The Labute approximate surface area is 368 Å². The van der Waals surface area contributed by atoms with Crippen LogP contribution in [0.15, 0.2) is 115 Å². The SMILES string of the molecule is C[C@@H]([C@@H](O)c1ccccc1)N(C)C(=O)OCCSSCCOC(=O)OC(CCCN1CCC(C(O)(c2ccccc2)c2ccccc2)CC1)c1ccc(C(C)(C)C(=O)O)cc1. The molecule has 11 nitrogen and oxygen atoms in total. The highest BCUT2D eigenvalue weighted by atomic mass is 33.1. The number of carbonyl (C=O) groups excluding carboxylic acids is 2. The van der Waals surface area contributed by atoms with Gasteiger partial charge in [0.2, 0.25) is 0 Å². The first-order valence-corrected chi connectivity index (χ1v) is 23.4. The molecular weight excluding hydrogens is 813 g/mol. The smallest absolute Gasteiger partial charge is 0.481 e. The van der Waals surface area contributed by atoms with E-state index < -0.39 is 47.5 Å². The molecule has 3 N–H and O–H groups in total. The summed E-state index contributed by atoms with van der Waals surface area (Å²) in [4.78, 5) is 41.2. The molecule has 1 unspecified atom stereocenters. The van der Waals surface area contributed by atoms with Gasteiger partial charge in [-0.3, -0.25) is 4.79 Å². The first-order valence-electron chi connectivity index (χ1n) is 20.9. The Hall–Kier alpha value is -4.53. The van der Waals surface area contributed by atoms with Crippen molar-refractivity contribution in [1.29, 1.82) is 0 Å². The molecule has 1 aliphatic heterocycles. The number of likely N-dealkylation sites (tertiary alicyclic amines) is 1. The minimum absolute atomic E-state index is 0.0456. The first kappa shape index (κ1) is 47.5. The zero-order valence-corrected chi connectivity index (χ0v) is 37.2. The van der Waals surface area contributed by atoms with Gasteiger partial charge in [-0.1, -0.05) is 137 Å². The van der Waals surface area contributed by atoms with Gasteiger partial charge >= 0.3 is 18.2 Å². The Kier molecular flexibility index (Phi) is 18.0. The van der Waals surface area contributed by atoms with Crippen molar-refractivity contribution in [3.63, 3.8) is 0 Å². The number of aliphatic hydroxyl groups is 2. The zero-order chi connectivity index (χ0) is 43.8. The molecule has 3 atom stereocenters. The standard InChI is InChI=1S/C48H60N2O9S2/c1-35(43(51)37-15-8-5-9-16-37)49(4)45(54)57-31-33-60-61-34-32-58-46(55)59-42(36-22-24-38(25-23-36)47(2,3)44(52)53)21-14-28-50-29-26-41(27-30-50)48(56,39-17-10-6-11-18-39)40-19-12-7-13-20-40/h5-13,15-20,22-25,35,41-43,51,56H,14,21,26-34H2,1-4H3,(H,52,53)/t35-,42?,43+/m0/s1. The van der Waals surface area contributed by atoms with E-state index >= 15 is 0 Å². The molecule has 1 fully saturated rings. The molecule has 0 spiro atoms. The number of hydrogen-bond acceptors (Lipinski definition) is 11. The first-order chi connectivity index (χ1) is 29.3. The summed E-state index contributed by atoms with van der Waals surface area (Å²) in [6, 6.07) is 35.7. The molecule has 0 saturated carbocycles. The molecule has 1 amide bonds. The van der Waals surface area contributed by atoms with E-state index in [2.05, 4.69) is 4.90 Å². The fourth-order valence-corrected chi connectivity index (χ4v) is 9.28. The topological polar surface area (TPSA) is 146 Å². The molecule has 13 heteroatoms. The van der Waals surface area contributed by atoms with Crippen LogP contribution in [0, 0.1) is 5.92 Å². The number of aliphatic carboxylic acids is 1. The summed E-state index contributed by atoms with van der Waals surface area (Å²) in [5.41, 5.74) is 1.75. The minimum atomic E-state index is -1.09. The molecule has 61 heavy (non-hydrogen) atoms. The highest BCUT2D eigenvalue weighted by Crippen LogP contribution is 2.42. The molecule has 0 bridgehead atoms. The largest absolute Gasteiger partial charge is 0.508 e. The maximum atomic E-state index is 13.0. The van der Waals surface area contributed by atoms with Crippen molar-refractivity contribution in [1.82, 2.24) is 9.80 Å². The van der Waals surface area contributed by atoms with E-state index in [9.17, 15) is 29.7 Å². The number of piperidine rings is 1. The number of rotatable bonds is 21. The van der Waals surface area contributed by atoms with Crippen LogP contribution < -0.4 is 0 Å². The second-order valence-corrected chi connectivity index (χ2v) is 18.7. The van der Waals surface area contributed by atoms with Crippen LogP contribution in [0.1, 0.15) is 86.5 Å². The number of hydrogen-bond donors (Lipinski definition) is 3. The number of benzene rings is 4. The predicted octanol–water partition coefficient (Wildman–Crippen LogP) is 9.24. The van der Waals surface area contributed by atoms with E-state index in [1.54, 1.807) is 40.0 Å². The van der Waals surface area contributed by atoms with Gasteiger partial charge in [0.05, 0.1) is 17.6 Å². The van der Waals surface area contributed by atoms with Gasteiger partial charge in [-0.2, -0.15) is 0 Å². The maximum Gasteiger partial charge on any atom is 0.508 e. The van der Waals surface area contributed by atoms with Crippen molar-refractivity contribution in [2.75, 3.05) is 51.4 Å². The summed E-state index contributed by atoms with van der Waals surface area (Å²) in [5.74, 6) is 0.141. The lowest BCUT2D eigenvalue weighted by molar-refractivity contribution is -0.142. The zero-order valence-electron chi connectivity index (χ0n) is 35.6. The van der Waals surface area contributed by atoms with E-state index in [-0.39, 0.29) is 19.1 Å². The number of nitrogens with zero attached hydrogens (tertiary/aromatic N) is 2. The van der Waals surface area contributed by atoms with Gasteiger partial charge in [0, 0.05) is 18.6 Å². The van der Waals surface area contributed by atoms with Crippen LogP contribution in [0.3, 0.4) is 0 Å². The number of likely N-dealkylation sites (N-methyl/N-ethyl adjacent to an activating group) is 1. The number of amides is 1. The summed E-state index contributed by atoms with van der Waals surface area (Å²) in [6.07, 6.45) is 0.192. The maximum absolute atomic E-state index is 13.0. The average Bonchev–Trinajstić information content (AvgIpc) is 3.29. The van der Waals surface area contributed by atoms with Crippen LogP contribution >= 0.6 is 21.6 Å². The van der Waals surface area contributed by atoms with E-state index in [4.69, 9.17) is 14.2 Å². The van der Waals surface area contributed by atoms with Crippen LogP contribution in [0.25, 0.3) is 0 Å². The Balaban J connectivity index is 1.07. The summed E-state index contributed by atoms with van der Waals surface area (Å²) in [5, 5.41) is 32.7. The van der Waals surface area contributed by atoms with Gasteiger partial charge < -0.3 is 39.3 Å². The molecule has 5 rings (SSSR count). The molecule has 328 valence electrons. The van der Waals surface area contributed by atoms with Gasteiger partial charge in [0.15, 0.2) is 0 Å². The predicted molar refractivity (Wildman–Crippen MR) is 241 cm³/mol.